The summed E-state index contributed by atoms with van der Waals surface area (Å²) in [6.07, 6.45) is 0.301. The van der Waals surface area contributed by atoms with Gasteiger partial charge >= 0.3 is 5.97 Å². The highest BCUT2D eigenvalue weighted by atomic mass is 19.1. The van der Waals surface area contributed by atoms with Crippen LogP contribution < -0.4 is 4.74 Å². The summed E-state index contributed by atoms with van der Waals surface area (Å²) in [6, 6.07) is 13.1. The van der Waals surface area contributed by atoms with Crippen molar-refractivity contribution in [2.24, 2.45) is 0 Å². The summed E-state index contributed by atoms with van der Waals surface area (Å²) in [5.74, 6) is -1.90. The van der Waals surface area contributed by atoms with Crippen molar-refractivity contribution < 1.29 is 23.8 Å². The molecule has 0 saturated carbocycles. The van der Waals surface area contributed by atoms with Crippen molar-refractivity contribution in [3.63, 3.8) is 0 Å². The topological polar surface area (TPSA) is 63.6 Å². The van der Waals surface area contributed by atoms with Crippen molar-refractivity contribution in [2.45, 2.75) is 19.4 Å². The molecule has 2 aromatic carbocycles. The lowest BCUT2D eigenvalue weighted by atomic mass is 10.1. The first kappa shape index (κ1) is 15.7. The second-order valence-corrected chi connectivity index (χ2v) is 4.79. The molecule has 2 rings (SSSR count). The maximum atomic E-state index is 12.8. The third-order valence-electron chi connectivity index (χ3n) is 3.10. The zero-order chi connectivity index (χ0) is 15.9. The zero-order valence-electron chi connectivity index (χ0n) is 11.8. The molecule has 22 heavy (non-hydrogen) atoms. The van der Waals surface area contributed by atoms with Crippen LogP contribution in [0.5, 0.6) is 5.75 Å². The van der Waals surface area contributed by atoms with Gasteiger partial charge in [0.2, 0.25) is 5.78 Å². The number of halogens is 1. The van der Waals surface area contributed by atoms with Crippen LogP contribution in [0.3, 0.4) is 0 Å². The molecule has 0 aromatic heterocycles. The molecular weight excluding hydrogens is 287 g/mol. The van der Waals surface area contributed by atoms with E-state index < -0.39 is 11.8 Å². The van der Waals surface area contributed by atoms with Crippen molar-refractivity contribution >= 4 is 11.8 Å². The van der Waals surface area contributed by atoms with E-state index in [-0.39, 0.29) is 12.2 Å². The number of aliphatic carboxylic acids is 1. The van der Waals surface area contributed by atoms with Gasteiger partial charge in [0.1, 0.15) is 18.2 Å². The van der Waals surface area contributed by atoms with Crippen LogP contribution in [0.2, 0.25) is 0 Å². The molecule has 0 amide bonds. The highest BCUT2D eigenvalue weighted by molar-refractivity contribution is 6.32. The highest BCUT2D eigenvalue weighted by Crippen LogP contribution is 2.16. The van der Waals surface area contributed by atoms with E-state index in [9.17, 15) is 14.0 Å². The van der Waals surface area contributed by atoms with Crippen molar-refractivity contribution in [3.8, 4) is 5.75 Å². The number of carbonyl (C=O) groups is 2. The summed E-state index contributed by atoms with van der Waals surface area (Å²) < 4.78 is 18.4. The average Bonchev–Trinajstić information content (AvgIpc) is 2.52. The molecule has 114 valence electrons. The number of aryl methyl sites for hydroxylation is 1. The van der Waals surface area contributed by atoms with E-state index in [0.29, 0.717) is 18.8 Å². The molecule has 0 saturated heterocycles. The third kappa shape index (κ3) is 4.70. The quantitative estimate of drug-likeness (QED) is 0.799. The molecule has 0 fully saturated rings. The van der Waals surface area contributed by atoms with Gasteiger partial charge in [-0.2, -0.15) is 0 Å². The third-order valence-corrected chi connectivity index (χ3v) is 3.10. The average molecular weight is 302 g/mol. The molecule has 1 N–H and O–H groups in total. The number of rotatable bonds is 7. The normalized spacial score (nSPS) is 10.2. The first-order valence-corrected chi connectivity index (χ1v) is 6.77. The van der Waals surface area contributed by atoms with Crippen molar-refractivity contribution in [3.05, 3.63) is 65.5 Å². The number of ether oxygens (including phenoxy) is 1. The van der Waals surface area contributed by atoms with E-state index in [1.54, 1.807) is 36.4 Å². The smallest absolute Gasteiger partial charge is 0.372 e. The summed E-state index contributed by atoms with van der Waals surface area (Å²) in [7, 11) is 0. The summed E-state index contributed by atoms with van der Waals surface area (Å²) >= 11 is 0. The number of hydrogen-bond acceptors (Lipinski definition) is 3. The summed E-state index contributed by atoms with van der Waals surface area (Å²) in [5, 5.41) is 8.54. The van der Waals surface area contributed by atoms with Gasteiger partial charge < -0.3 is 9.84 Å². The van der Waals surface area contributed by atoms with Crippen LogP contribution in [0, 0.1) is 5.82 Å². The molecular formula is C17H15FO4. The minimum Gasteiger partial charge on any atom is -0.489 e. The molecule has 0 radical (unpaired) electrons. The summed E-state index contributed by atoms with van der Waals surface area (Å²) in [4.78, 5) is 21.5. The highest BCUT2D eigenvalue weighted by Gasteiger charge is 2.11. The minimum atomic E-state index is -1.41. The fraction of sp³-hybridized carbons (Fsp3) is 0.176. The Labute approximate surface area is 127 Å². The van der Waals surface area contributed by atoms with E-state index in [2.05, 4.69) is 0 Å². The zero-order valence-corrected chi connectivity index (χ0v) is 11.8. The molecule has 0 bridgehead atoms. The van der Waals surface area contributed by atoms with Gasteiger partial charge in [-0.25, -0.2) is 9.18 Å². The molecule has 0 atom stereocenters. The molecule has 4 nitrogen and oxygen atoms in total. The fourth-order valence-electron chi connectivity index (χ4n) is 1.90. The molecule has 5 heteroatoms. The molecule has 0 unspecified atom stereocenters. The van der Waals surface area contributed by atoms with Gasteiger partial charge in [0.25, 0.3) is 0 Å². The van der Waals surface area contributed by atoms with Crippen LogP contribution >= 0.6 is 0 Å². The molecule has 2 aromatic rings. The van der Waals surface area contributed by atoms with E-state index in [0.717, 1.165) is 11.1 Å². The Balaban J connectivity index is 1.92. The molecule has 0 heterocycles. The Bertz CT molecular complexity index is 665. The van der Waals surface area contributed by atoms with Gasteiger partial charge in [0, 0.05) is 6.42 Å². The second kappa shape index (κ2) is 7.36. The molecule has 0 aliphatic rings. The van der Waals surface area contributed by atoms with Crippen LogP contribution in [0.1, 0.15) is 17.5 Å². The predicted octanol–water partition coefficient (Wildman–Crippen LogP) is 2.99. The Hall–Kier alpha value is -2.69. The number of carbonyl (C=O) groups excluding carboxylic acids is 1. The number of carboxylic acids is 1. The van der Waals surface area contributed by atoms with E-state index >= 15 is 0 Å². The number of carboxylic acid groups (broad SMARTS) is 1. The number of ketones is 1. The first-order chi connectivity index (χ1) is 10.5. The van der Waals surface area contributed by atoms with Gasteiger partial charge in [0.05, 0.1) is 0 Å². The lowest BCUT2D eigenvalue weighted by molar-refractivity contribution is -0.149. The van der Waals surface area contributed by atoms with Crippen LogP contribution in [0.15, 0.2) is 48.5 Å². The fourth-order valence-corrected chi connectivity index (χ4v) is 1.90. The molecule has 0 aliphatic carbocycles. The maximum absolute atomic E-state index is 12.8. The number of benzene rings is 2. The summed E-state index contributed by atoms with van der Waals surface area (Å²) in [6.45, 7) is 0.303. The Morgan fingerprint density at radius 3 is 2.45 bits per heavy atom. The lowest BCUT2D eigenvalue weighted by Gasteiger charge is -2.08. The van der Waals surface area contributed by atoms with Crippen molar-refractivity contribution in [1.82, 2.24) is 0 Å². The van der Waals surface area contributed by atoms with Crippen LogP contribution in [0.25, 0.3) is 0 Å². The van der Waals surface area contributed by atoms with E-state index in [1.165, 1.54) is 12.1 Å². The van der Waals surface area contributed by atoms with Gasteiger partial charge in [-0.1, -0.05) is 24.3 Å². The summed E-state index contributed by atoms with van der Waals surface area (Å²) in [5.41, 5.74) is 1.67. The van der Waals surface area contributed by atoms with E-state index in [1.807, 2.05) is 0 Å². The van der Waals surface area contributed by atoms with E-state index in [4.69, 9.17) is 9.84 Å². The Kier molecular flexibility index (Phi) is 5.25. The van der Waals surface area contributed by atoms with Crippen LogP contribution in [-0.2, 0) is 22.6 Å². The van der Waals surface area contributed by atoms with Gasteiger partial charge in [-0.3, -0.25) is 4.79 Å². The number of hydrogen-bond donors (Lipinski definition) is 1. The minimum absolute atomic E-state index is 0.0449. The Morgan fingerprint density at radius 2 is 1.77 bits per heavy atom. The second-order valence-electron chi connectivity index (χ2n) is 4.79. The van der Waals surface area contributed by atoms with Gasteiger partial charge in [-0.05, 0) is 41.8 Å². The lowest BCUT2D eigenvalue weighted by Crippen LogP contribution is -2.12. The monoisotopic (exact) mass is 302 g/mol. The van der Waals surface area contributed by atoms with Crippen molar-refractivity contribution in [1.29, 1.82) is 0 Å². The maximum Gasteiger partial charge on any atom is 0.372 e. The molecule has 0 aliphatic heterocycles. The van der Waals surface area contributed by atoms with Crippen LogP contribution in [0.4, 0.5) is 4.39 Å². The van der Waals surface area contributed by atoms with Crippen LogP contribution in [-0.4, -0.2) is 16.9 Å². The van der Waals surface area contributed by atoms with Gasteiger partial charge in [-0.15, -0.1) is 0 Å². The van der Waals surface area contributed by atoms with Crippen molar-refractivity contribution in [2.75, 3.05) is 0 Å². The first-order valence-electron chi connectivity index (χ1n) is 6.77. The number of Topliss-reactive ketones (excluding diaryl/α,β-unsaturated/α-hetero) is 1. The Morgan fingerprint density at radius 1 is 1.05 bits per heavy atom. The SMILES string of the molecule is O=C(O)C(=O)CCc1cccc(OCc2ccc(F)cc2)c1. The largest absolute Gasteiger partial charge is 0.489 e. The standard InChI is InChI=1S/C17H15FO4/c18-14-7-4-13(5-8-14)11-22-15-3-1-2-12(10-15)6-9-16(19)17(20)21/h1-5,7-8,10H,6,9,11H2,(H,20,21). The van der Waals surface area contributed by atoms with Gasteiger partial charge in [0.15, 0.2) is 0 Å². The predicted molar refractivity (Wildman–Crippen MR) is 78.1 cm³/mol. The molecule has 0 spiro atoms.